The number of anilines is 1. The van der Waals surface area contributed by atoms with Crippen LogP contribution in [0.3, 0.4) is 0 Å². The lowest BCUT2D eigenvalue weighted by atomic mass is 10.0. The van der Waals surface area contributed by atoms with Crippen LogP contribution >= 0.6 is 11.3 Å². The van der Waals surface area contributed by atoms with E-state index in [1.165, 1.54) is 4.88 Å². The quantitative estimate of drug-likeness (QED) is 0.545. The molecule has 1 heterocycles. The van der Waals surface area contributed by atoms with Crippen LogP contribution in [0.1, 0.15) is 24.8 Å². The van der Waals surface area contributed by atoms with E-state index in [0.717, 1.165) is 5.75 Å². The van der Waals surface area contributed by atoms with Crippen LogP contribution in [-0.4, -0.2) is 12.5 Å². The number of carbonyl (C=O) groups is 1. The Morgan fingerprint density at radius 3 is 2.44 bits per heavy atom. The van der Waals surface area contributed by atoms with Gasteiger partial charge in [-0.05, 0) is 41.6 Å². The van der Waals surface area contributed by atoms with Crippen molar-refractivity contribution in [1.29, 1.82) is 0 Å². The summed E-state index contributed by atoms with van der Waals surface area (Å²) in [6.07, 6.45) is 0. The molecule has 0 bridgehead atoms. The highest BCUT2D eigenvalue weighted by molar-refractivity contribution is 7.10. The Labute approximate surface area is 164 Å². The number of hydrogen-bond donors (Lipinski definition) is 2. The van der Waals surface area contributed by atoms with Gasteiger partial charge >= 0.3 is 0 Å². The summed E-state index contributed by atoms with van der Waals surface area (Å²) in [7, 11) is 0. The van der Waals surface area contributed by atoms with E-state index in [-0.39, 0.29) is 18.5 Å². The number of ether oxygens (including phenoxy) is 1. The number of nitrogens with one attached hydrogen (secondary N) is 2. The van der Waals surface area contributed by atoms with Gasteiger partial charge in [-0.25, -0.2) is 0 Å². The molecule has 0 aliphatic heterocycles. The molecule has 1 atom stereocenters. The average molecular weight is 381 g/mol. The number of carbonyl (C=O) groups excluding carboxylic acids is 1. The second-order valence-corrected chi connectivity index (χ2v) is 7.56. The minimum absolute atomic E-state index is 0.0960. The third-order valence-corrected chi connectivity index (χ3v) is 5.09. The predicted molar refractivity (Wildman–Crippen MR) is 111 cm³/mol. The van der Waals surface area contributed by atoms with Gasteiger partial charge in [-0.15, -0.1) is 11.3 Å². The fourth-order valence-corrected chi connectivity index (χ4v) is 3.78. The van der Waals surface area contributed by atoms with Crippen LogP contribution in [-0.2, 0) is 4.79 Å². The molecule has 0 aliphatic rings. The van der Waals surface area contributed by atoms with Crippen molar-refractivity contribution in [2.75, 3.05) is 11.9 Å². The molecule has 1 amide bonds. The highest BCUT2D eigenvalue weighted by atomic mass is 32.1. The van der Waals surface area contributed by atoms with Gasteiger partial charge in [0.15, 0.2) is 5.75 Å². The lowest BCUT2D eigenvalue weighted by Crippen LogP contribution is -2.33. The molecule has 27 heavy (non-hydrogen) atoms. The van der Waals surface area contributed by atoms with Gasteiger partial charge in [0.25, 0.3) is 0 Å². The van der Waals surface area contributed by atoms with Crippen molar-refractivity contribution in [1.82, 2.24) is 5.32 Å². The van der Waals surface area contributed by atoms with Crippen LogP contribution in [0.5, 0.6) is 11.5 Å². The number of benzene rings is 2. The van der Waals surface area contributed by atoms with Gasteiger partial charge in [0, 0.05) is 10.9 Å². The van der Waals surface area contributed by atoms with Gasteiger partial charge in [0.05, 0.1) is 12.2 Å². The van der Waals surface area contributed by atoms with Crippen molar-refractivity contribution >= 4 is 22.9 Å². The highest BCUT2D eigenvalue weighted by Gasteiger charge is 2.18. The van der Waals surface area contributed by atoms with Crippen LogP contribution in [0.4, 0.5) is 5.69 Å². The van der Waals surface area contributed by atoms with Crippen molar-refractivity contribution in [2.24, 2.45) is 5.92 Å². The Balaban J connectivity index is 1.62. The number of thiophene rings is 1. The molecule has 0 saturated heterocycles. The maximum atomic E-state index is 12.5. The molecule has 3 aromatic rings. The van der Waals surface area contributed by atoms with Crippen LogP contribution in [0.2, 0.25) is 0 Å². The van der Waals surface area contributed by atoms with Gasteiger partial charge in [-0.2, -0.15) is 0 Å². The Kier molecular flexibility index (Phi) is 6.63. The number of amides is 1. The topological polar surface area (TPSA) is 50.4 Å². The Morgan fingerprint density at radius 1 is 1.00 bits per heavy atom. The lowest BCUT2D eigenvalue weighted by molar-refractivity contribution is -0.115. The van der Waals surface area contributed by atoms with Gasteiger partial charge in [0.2, 0.25) is 5.91 Å². The molecule has 0 saturated carbocycles. The molecule has 0 aliphatic carbocycles. The molecular formula is C22H24N2O2S. The molecule has 5 heteroatoms. The van der Waals surface area contributed by atoms with Crippen molar-refractivity contribution in [3.63, 3.8) is 0 Å². The van der Waals surface area contributed by atoms with Crippen LogP contribution in [0.25, 0.3) is 0 Å². The zero-order valence-corrected chi connectivity index (χ0v) is 16.3. The summed E-state index contributed by atoms with van der Waals surface area (Å²) in [6.45, 7) is 4.54. The number of para-hydroxylation sites is 3. The molecule has 0 radical (unpaired) electrons. The standard InChI is InChI=1S/C22H24N2O2S/c1-16(2)22(20-13-8-14-27-20)23-15-21(25)24-18-11-6-7-12-19(18)26-17-9-4-3-5-10-17/h3-14,16,22-23H,15H2,1-2H3,(H,24,25). The van der Waals surface area contributed by atoms with Crippen LogP contribution in [0, 0.1) is 5.92 Å². The van der Waals surface area contributed by atoms with E-state index in [4.69, 9.17) is 4.74 Å². The highest BCUT2D eigenvalue weighted by Crippen LogP contribution is 2.29. The fraction of sp³-hybridized carbons (Fsp3) is 0.227. The summed E-state index contributed by atoms with van der Waals surface area (Å²) in [5, 5.41) is 8.37. The van der Waals surface area contributed by atoms with Gasteiger partial charge in [0.1, 0.15) is 5.75 Å². The van der Waals surface area contributed by atoms with E-state index in [2.05, 4.69) is 35.9 Å². The minimum Gasteiger partial charge on any atom is -0.455 e. The van der Waals surface area contributed by atoms with E-state index in [0.29, 0.717) is 17.4 Å². The van der Waals surface area contributed by atoms with Gasteiger partial charge in [-0.3, -0.25) is 4.79 Å². The molecule has 0 fully saturated rings. The summed E-state index contributed by atoms with van der Waals surface area (Å²) >= 11 is 1.70. The summed E-state index contributed by atoms with van der Waals surface area (Å²) in [5.74, 6) is 1.65. The van der Waals surface area contributed by atoms with Crippen molar-refractivity contribution in [3.8, 4) is 11.5 Å². The Morgan fingerprint density at radius 2 is 1.74 bits per heavy atom. The van der Waals surface area contributed by atoms with Gasteiger partial charge in [-0.1, -0.05) is 50.2 Å². The third-order valence-electron chi connectivity index (χ3n) is 4.13. The summed E-state index contributed by atoms with van der Waals surface area (Å²) < 4.78 is 5.90. The maximum absolute atomic E-state index is 12.5. The lowest BCUT2D eigenvalue weighted by Gasteiger charge is -2.21. The second kappa shape index (κ2) is 9.35. The maximum Gasteiger partial charge on any atom is 0.238 e. The number of rotatable bonds is 8. The van der Waals surface area contributed by atoms with E-state index in [1.54, 1.807) is 11.3 Å². The monoisotopic (exact) mass is 380 g/mol. The first-order chi connectivity index (χ1) is 13.1. The number of hydrogen-bond acceptors (Lipinski definition) is 4. The molecule has 2 aromatic carbocycles. The summed E-state index contributed by atoms with van der Waals surface area (Å²) in [4.78, 5) is 13.7. The van der Waals surface area contributed by atoms with E-state index >= 15 is 0 Å². The molecule has 0 spiro atoms. The van der Waals surface area contributed by atoms with Crippen molar-refractivity contribution in [3.05, 3.63) is 77.0 Å². The third kappa shape index (κ3) is 5.42. The first-order valence-electron chi connectivity index (χ1n) is 9.02. The second-order valence-electron chi connectivity index (χ2n) is 6.58. The molecule has 140 valence electrons. The van der Waals surface area contributed by atoms with Crippen LogP contribution in [0.15, 0.2) is 72.1 Å². The fourth-order valence-electron chi connectivity index (χ4n) is 2.80. The molecule has 3 rings (SSSR count). The molecule has 1 unspecified atom stereocenters. The average Bonchev–Trinajstić information content (AvgIpc) is 3.18. The Bertz CT molecular complexity index is 848. The van der Waals surface area contributed by atoms with Crippen molar-refractivity contribution < 1.29 is 9.53 Å². The minimum atomic E-state index is -0.0960. The molecule has 1 aromatic heterocycles. The molecular weight excluding hydrogens is 356 g/mol. The smallest absolute Gasteiger partial charge is 0.238 e. The van der Waals surface area contributed by atoms with Crippen molar-refractivity contribution in [2.45, 2.75) is 19.9 Å². The SMILES string of the molecule is CC(C)C(NCC(=O)Nc1ccccc1Oc1ccccc1)c1cccs1. The van der Waals surface area contributed by atoms with E-state index in [1.807, 2.05) is 60.7 Å². The summed E-state index contributed by atoms with van der Waals surface area (Å²) in [6, 6.07) is 21.3. The van der Waals surface area contributed by atoms with Gasteiger partial charge < -0.3 is 15.4 Å². The normalized spacial score (nSPS) is 12.0. The molecule has 4 nitrogen and oxygen atoms in total. The first-order valence-corrected chi connectivity index (χ1v) is 9.90. The first kappa shape index (κ1) is 19.1. The van der Waals surface area contributed by atoms with E-state index < -0.39 is 0 Å². The predicted octanol–water partition coefficient (Wildman–Crippen LogP) is 5.47. The molecule has 2 N–H and O–H groups in total. The summed E-state index contributed by atoms with van der Waals surface area (Å²) in [5.41, 5.74) is 0.658. The Hall–Kier alpha value is -2.63. The zero-order chi connectivity index (χ0) is 19.1. The van der Waals surface area contributed by atoms with E-state index in [9.17, 15) is 4.79 Å². The largest absolute Gasteiger partial charge is 0.455 e. The zero-order valence-electron chi connectivity index (χ0n) is 15.5. The van der Waals surface area contributed by atoms with Crippen LogP contribution < -0.4 is 15.4 Å².